The van der Waals surface area contributed by atoms with Gasteiger partial charge in [-0.2, -0.15) is 0 Å². The van der Waals surface area contributed by atoms with Gasteiger partial charge in [-0.3, -0.25) is 0 Å². The monoisotopic (exact) mass is 251 g/mol. The maximum Gasteiger partial charge on any atom is 0.0972 e. The molecule has 1 aromatic carbocycles. The lowest BCUT2D eigenvalue weighted by Gasteiger charge is -2.28. The fourth-order valence-electron chi connectivity index (χ4n) is 2.17. The fourth-order valence-corrected chi connectivity index (χ4v) is 2.17. The van der Waals surface area contributed by atoms with Crippen molar-refractivity contribution in [1.29, 1.82) is 0 Å². The van der Waals surface area contributed by atoms with Crippen molar-refractivity contribution >= 4 is 0 Å². The van der Waals surface area contributed by atoms with Gasteiger partial charge in [-0.25, -0.2) is 0 Å². The number of aliphatic hydroxyl groups excluding tert-OH is 1. The van der Waals surface area contributed by atoms with Crippen LogP contribution >= 0.6 is 0 Å². The molecule has 0 radical (unpaired) electrons. The zero-order valence-electron chi connectivity index (χ0n) is 10.7. The van der Waals surface area contributed by atoms with Crippen molar-refractivity contribution in [2.45, 2.75) is 25.0 Å². The number of rotatable bonds is 5. The van der Waals surface area contributed by atoms with E-state index in [9.17, 15) is 5.11 Å². The lowest BCUT2D eigenvalue weighted by atomic mass is 9.97. The summed E-state index contributed by atoms with van der Waals surface area (Å²) in [5, 5.41) is 21.8. The molecular weight excluding hydrogens is 230 g/mol. The van der Waals surface area contributed by atoms with E-state index in [0.29, 0.717) is 13.1 Å². The van der Waals surface area contributed by atoms with Crippen molar-refractivity contribution in [3.05, 3.63) is 35.4 Å². The lowest BCUT2D eigenvalue weighted by molar-refractivity contribution is -0.00454. The minimum atomic E-state index is -1.08. The number of fused-ring (bicyclic) bond motifs is 1. The second-order valence-electron chi connectivity index (χ2n) is 5.09. The van der Waals surface area contributed by atoms with E-state index >= 15 is 0 Å². The minimum Gasteiger partial charge on any atom is -0.393 e. The second-order valence-corrected chi connectivity index (χ2v) is 5.09. The molecule has 0 aliphatic carbocycles. The molecule has 2 rings (SSSR count). The SMILES string of the molecule is CC(O)(CO)CNCC1OCCc2ccccc21. The topological polar surface area (TPSA) is 61.7 Å². The standard InChI is InChI=1S/C14H21NO3/c1-14(17,10-16)9-15-8-13-12-5-3-2-4-11(12)6-7-18-13/h2-5,13,15-17H,6-10H2,1H3. The molecule has 1 aliphatic rings. The van der Waals surface area contributed by atoms with Crippen LogP contribution in [0.5, 0.6) is 0 Å². The van der Waals surface area contributed by atoms with Crippen molar-refractivity contribution < 1.29 is 14.9 Å². The Kier molecular flexibility index (Phi) is 4.35. The van der Waals surface area contributed by atoms with Gasteiger partial charge in [0.2, 0.25) is 0 Å². The van der Waals surface area contributed by atoms with Crippen LogP contribution in [0.2, 0.25) is 0 Å². The number of nitrogens with one attached hydrogen (secondary N) is 1. The highest BCUT2D eigenvalue weighted by atomic mass is 16.5. The van der Waals surface area contributed by atoms with Crippen LogP contribution in [0.15, 0.2) is 24.3 Å². The highest BCUT2D eigenvalue weighted by molar-refractivity contribution is 5.31. The van der Waals surface area contributed by atoms with E-state index in [-0.39, 0.29) is 12.7 Å². The third kappa shape index (κ3) is 3.29. The molecule has 0 bridgehead atoms. The van der Waals surface area contributed by atoms with Crippen LogP contribution in [0.3, 0.4) is 0 Å². The summed E-state index contributed by atoms with van der Waals surface area (Å²) in [6, 6.07) is 8.29. The largest absolute Gasteiger partial charge is 0.393 e. The second kappa shape index (κ2) is 5.80. The van der Waals surface area contributed by atoms with Crippen molar-refractivity contribution in [3.63, 3.8) is 0 Å². The van der Waals surface area contributed by atoms with E-state index in [0.717, 1.165) is 13.0 Å². The van der Waals surface area contributed by atoms with Crippen LogP contribution in [0.1, 0.15) is 24.2 Å². The van der Waals surface area contributed by atoms with Crippen LogP contribution in [0.25, 0.3) is 0 Å². The first-order valence-electron chi connectivity index (χ1n) is 6.36. The number of hydrogen-bond donors (Lipinski definition) is 3. The molecule has 4 heteroatoms. The molecule has 18 heavy (non-hydrogen) atoms. The number of hydrogen-bond acceptors (Lipinski definition) is 4. The molecule has 0 saturated heterocycles. The van der Waals surface area contributed by atoms with Gasteiger partial charge in [0.15, 0.2) is 0 Å². The zero-order valence-corrected chi connectivity index (χ0v) is 10.7. The molecule has 4 nitrogen and oxygen atoms in total. The summed E-state index contributed by atoms with van der Waals surface area (Å²) in [5.74, 6) is 0. The van der Waals surface area contributed by atoms with Crippen LogP contribution in [0, 0.1) is 0 Å². The normalized spacial score (nSPS) is 22.3. The Hall–Kier alpha value is -0.940. The van der Waals surface area contributed by atoms with Crippen LogP contribution in [-0.2, 0) is 11.2 Å². The summed E-state index contributed by atoms with van der Waals surface area (Å²) < 4.78 is 5.75. The Balaban J connectivity index is 1.92. The van der Waals surface area contributed by atoms with E-state index in [2.05, 4.69) is 17.4 Å². The van der Waals surface area contributed by atoms with Crippen LogP contribution < -0.4 is 5.32 Å². The Bertz CT molecular complexity index is 392. The van der Waals surface area contributed by atoms with Crippen LogP contribution in [-0.4, -0.2) is 42.1 Å². The molecule has 1 aliphatic heterocycles. The summed E-state index contributed by atoms with van der Waals surface area (Å²) in [6.45, 7) is 3.09. The molecule has 1 heterocycles. The number of benzene rings is 1. The van der Waals surface area contributed by atoms with Gasteiger partial charge in [0.05, 0.1) is 24.9 Å². The lowest BCUT2D eigenvalue weighted by Crippen LogP contribution is -2.42. The minimum absolute atomic E-state index is 0.0319. The van der Waals surface area contributed by atoms with Gasteiger partial charge >= 0.3 is 0 Å². The van der Waals surface area contributed by atoms with E-state index in [1.165, 1.54) is 11.1 Å². The van der Waals surface area contributed by atoms with Crippen molar-refractivity contribution in [2.75, 3.05) is 26.3 Å². The van der Waals surface area contributed by atoms with Gasteiger partial charge in [-0.1, -0.05) is 24.3 Å². The van der Waals surface area contributed by atoms with Crippen LogP contribution in [0.4, 0.5) is 0 Å². The molecular formula is C14H21NO3. The summed E-state index contributed by atoms with van der Waals surface area (Å²) in [6.07, 6.45) is 0.991. The van der Waals surface area contributed by atoms with Gasteiger partial charge in [-0.05, 0) is 24.5 Å². The van der Waals surface area contributed by atoms with Gasteiger partial charge in [0.1, 0.15) is 0 Å². The summed E-state index contributed by atoms with van der Waals surface area (Å²) in [7, 11) is 0. The molecule has 100 valence electrons. The maximum atomic E-state index is 9.69. The van der Waals surface area contributed by atoms with E-state index in [1.54, 1.807) is 6.92 Å². The molecule has 2 unspecified atom stereocenters. The highest BCUT2D eigenvalue weighted by Gasteiger charge is 2.22. The zero-order chi connectivity index (χ0) is 13.0. The highest BCUT2D eigenvalue weighted by Crippen LogP contribution is 2.26. The maximum absolute atomic E-state index is 9.69. The first-order chi connectivity index (χ1) is 8.62. The Morgan fingerprint density at radius 1 is 1.44 bits per heavy atom. The predicted molar refractivity (Wildman–Crippen MR) is 69.4 cm³/mol. The summed E-state index contributed by atoms with van der Waals surface area (Å²) in [4.78, 5) is 0. The van der Waals surface area contributed by atoms with Gasteiger partial charge in [0.25, 0.3) is 0 Å². The summed E-state index contributed by atoms with van der Waals surface area (Å²) >= 11 is 0. The molecule has 3 N–H and O–H groups in total. The molecule has 0 aromatic heterocycles. The predicted octanol–water partition coefficient (Wildman–Crippen LogP) is 0.633. The molecule has 0 spiro atoms. The number of aliphatic hydroxyl groups is 2. The average Bonchev–Trinajstić information content (AvgIpc) is 2.39. The van der Waals surface area contributed by atoms with Gasteiger partial charge in [-0.15, -0.1) is 0 Å². The Morgan fingerprint density at radius 2 is 2.22 bits per heavy atom. The van der Waals surface area contributed by atoms with Gasteiger partial charge < -0.3 is 20.3 Å². The molecule has 0 saturated carbocycles. The average molecular weight is 251 g/mol. The van der Waals surface area contributed by atoms with Crippen molar-refractivity contribution in [3.8, 4) is 0 Å². The fraction of sp³-hybridized carbons (Fsp3) is 0.571. The van der Waals surface area contributed by atoms with E-state index in [4.69, 9.17) is 9.84 Å². The molecule has 1 aromatic rings. The van der Waals surface area contributed by atoms with E-state index < -0.39 is 5.60 Å². The molecule has 0 fully saturated rings. The molecule has 2 atom stereocenters. The van der Waals surface area contributed by atoms with E-state index in [1.807, 2.05) is 12.1 Å². The number of ether oxygens (including phenoxy) is 1. The van der Waals surface area contributed by atoms with Crippen molar-refractivity contribution in [1.82, 2.24) is 5.32 Å². The summed E-state index contributed by atoms with van der Waals surface area (Å²) in [5.41, 5.74) is 1.48. The smallest absolute Gasteiger partial charge is 0.0972 e. The quantitative estimate of drug-likeness (QED) is 0.718. The third-order valence-corrected chi connectivity index (χ3v) is 3.27. The first-order valence-corrected chi connectivity index (χ1v) is 6.36. The van der Waals surface area contributed by atoms with Crippen molar-refractivity contribution in [2.24, 2.45) is 0 Å². The Labute approximate surface area is 108 Å². The third-order valence-electron chi connectivity index (χ3n) is 3.27. The Morgan fingerprint density at radius 3 is 3.00 bits per heavy atom. The van der Waals surface area contributed by atoms with Gasteiger partial charge in [0, 0.05) is 13.1 Å². The molecule has 0 amide bonds. The first kappa shape index (κ1) is 13.5.